The summed E-state index contributed by atoms with van der Waals surface area (Å²) < 4.78 is 0. The van der Waals surface area contributed by atoms with Gasteiger partial charge in [-0.3, -0.25) is 4.79 Å². The molecule has 128 valence electrons. The topological polar surface area (TPSA) is 45.2 Å². The van der Waals surface area contributed by atoms with Crippen LogP contribution in [0.25, 0.3) is 0 Å². The SMILES string of the molecule is CCNc1nc(C)c(C(=O)N2CCC[C@@](C)(c3ccccc3)C2)s1. The van der Waals surface area contributed by atoms with Crippen LogP contribution in [-0.2, 0) is 5.41 Å². The molecular weight excluding hydrogens is 318 g/mol. The molecular formula is C19H25N3OS. The predicted octanol–water partition coefficient (Wildman–Crippen LogP) is 4.08. The van der Waals surface area contributed by atoms with E-state index >= 15 is 0 Å². The maximum absolute atomic E-state index is 13.0. The fourth-order valence-corrected chi connectivity index (χ4v) is 4.46. The smallest absolute Gasteiger partial charge is 0.265 e. The van der Waals surface area contributed by atoms with Gasteiger partial charge in [-0.15, -0.1) is 0 Å². The summed E-state index contributed by atoms with van der Waals surface area (Å²) in [5, 5.41) is 4.04. The minimum Gasteiger partial charge on any atom is -0.362 e. The van der Waals surface area contributed by atoms with Crippen LogP contribution < -0.4 is 5.32 Å². The van der Waals surface area contributed by atoms with E-state index in [1.807, 2.05) is 24.8 Å². The number of aryl methyl sites for hydroxylation is 1. The summed E-state index contributed by atoms with van der Waals surface area (Å²) in [6.07, 6.45) is 2.15. The Balaban J connectivity index is 1.81. The second kappa shape index (κ2) is 6.93. The Morgan fingerprint density at radius 3 is 2.83 bits per heavy atom. The number of likely N-dealkylation sites (tertiary alicyclic amines) is 1. The summed E-state index contributed by atoms with van der Waals surface area (Å²) in [6, 6.07) is 10.6. The molecule has 0 radical (unpaired) electrons. The van der Waals surface area contributed by atoms with Gasteiger partial charge in [0.25, 0.3) is 5.91 Å². The summed E-state index contributed by atoms with van der Waals surface area (Å²) in [5.41, 5.74) is 2.17. The highest BCUT2D eigenvalue weighted by molar-refractivity contribution is 7.17. The van der Waals surface area contributed by atoms with Crippen LogP contribution in [0.1, 0.15) is 47.6 Å². The summed E-state index contributed by atoms with van der Waals surface area (Å²) in [6.45, 7) is 8.64. The lowest BCUT2D eigenvalue weighted by Crippen LogP contribution is -2.47. The van der Waals surface area contributed by atoms with Crippen molar-refractivity contribution in [3.8, 4) is 0 Å². The van der Waals surface area contributed by atoms with Crippen molar-refractivity contribution in [3.05, 3.63) is 46.5 Å². The standard InChI is InChI=1S/C19H25N3OS/c1-4-20-18-21-14(2)16(24-18)17(23)22-12-8-11-19(3,13-22)15-9-6-5-7-10-15/h5-7,9-10H,4,8,11-13H2,1-3H3,(H,20,21)/t19-/m1/s1. The number of carbonyl (C=O) groups is 1. The van der Waals surface area contributed by atoms with Crippen LogP contribution in [0.4, 0.5) is 5.13 Å². The minimum atomic E-state index is 0.0261. The molecule has 3 rings (SSSR count). The van der Waals surface area contributed by atoms with Gasteiger partial charge in [-0.05, 0) is 32.3 Å². The van der Waals surface area contributed by atoms with E-state index in [2.05, 4.69) is 41.5 Å². The zero-order valence-corrected chi connectivity index (χ0v) is 15.4. The van der Waals surface area contributed by atoms with E-state index in [1.54, 1.807) is 0 Å². The summed E-state index contributed by atoms with van der Waals surface area (Å²) >= 11 is 1.47. The summed E-state index contributed by atoms with van der Waals surface area (Å²) in [4.78, 5) is 20.3. The van der Waals surface area contributed by atoms with E-state index in [0.717, 1.165) is 48.2 Å². The summed E-state index contributed by atoms with van der Waals surface area (Å²) in [5.74, 6) is 0.121. The first-order chi connectivity index (χ1) is 11.5. The van der Waals surface area contributed by atoms with Gasteiger partial charge in [-0.1, -0.05) is 48.6 Å². The van der Waals surface area contributed by atoms with Crippen molar-refractivity contribution in [1.82, 2.24) is 9.88 Å². The maximum Gasteiger partial charge on any atom is 0.265 e. The Bertz CT molecular complexity index is 713. The molecule has 0 bridgehead atoms. The minimum absolute atomic E-state index is 0.0261. The number of aromatic nitrogens is 1. The van der Waals surface area contributed by atoms with Gasteiger partial charge in [0.2, 0.25) is 0 Å². The third-order valence-electron chi connectivity index (χ3n) is 4.77. The number of thiazole rings is 1. The van der Waals surface area contributed by atoms with E-state index in [9.17, 15) is 4.79 Å². The fourth-order valence-electron chi connectivity index (χ4n) is 3.45. The Morgan fingerprint density at radius 2 is 2.12 bits per heavy atom. The molecule has 1 aromatic carbocycles. The lowest BCUT2D eigenvalue weighted by atomic mass is 9.76. The molecule has 0 saturated carbocycles. The number of carbonyl (C=O) groups excluding carboxylic acids is 1. The van der Waals surface area contributed by atoms with Crippen LogP contribution in [-0.4, -0.2) is 35.4 Å². The number of amides is 1. The molecule has 4 nitrogen and oxygen atoms in total. The number of hydrogen-bond acceptors (Lipinski definition) is 4. The van der Waals surface area contributed by atoms with Crippen molar-refractivity contribution in [2.45, 2.75) is 39.0 Å². The van der Waals surface area contributed by atoms with Gasteiger partial charge in [-0.25, -0.2) is 4.98 Å². The first-order valence-corrected chi connectivity index (χ1v) is 9.41. The average Bonchev–Trinajstić information content (AvgIpc) is 2.96. The van der Waals surface area contributed by atoms with Gasteiger partial charge in [0.05, 0.1) is 5.69 Å². The van der Waals surface area contributed by atoms with Crippen molar-refractivity contribution >= 4 is 22.4 Å². The molecule has 1 aromatic heterocycles. The fraction of sp³-hybridized carbons (Fsp3) is 0.474. The molecule has 1 atom stereocenters. The van der Waals surface area contributed by atoms with Crippen LogP contribution in [0, 0.1) is 6.92 Å². The van der Waals surface area contributed by atoms with Crippen molar-refractivity contribution in [2.24, 2.45) is 0 Å². The third kappa shape index (κ3) is 3.31. The van der Waals surface area contributed by atoms with Crippen LogP contribution in [0.3, 0.4) is 0 Å². The largest absolute Gasteiger partial charge is 0.362 e. The quantitative estimate of drug-likeness (QED) is 0.910. The van der Waals surface area contributed by atoms with Crippen LogP contribution in [0.2, 0.25) is 0 Å². The number of nitrogens with zero attached hydrogens (tertiary/aromatic N) is 2. The molecule has 1 amide bonds. The first kappa shape index (κ1) is 17.0. The molecule has 2 aromatic rings. The van der Waals surface area contributed by atoms with Crippen molar-refractivity contribution in [1.29, 1.82) is 0 Å². The van der Waals surface area contributed by atoms with Gasteiger partial charge in [0.15, 0.2) is 5.13 Å². The molecule has 0 spiro atoms. The molecule has 0 unspecified atom stereocenters. The van der Waals surface area contributed by atoms with Gasteiger partial charge < -0.3 is 10.2 Å². The second-order valence-corrected chi connectivity index (χ2v) is 7.72. The molecule has 1 fully saturated rings. The van der Waals surface area contributed by atoms with Crippen molar-refractivity contribution < 1.29 is 4.79 Å². The molecule has 5 heteroatoms. The van der Waals surface area contributed by atoms with Gasteiger partial charge >= 0.3 is 0 Å². The summed E-state index contributed by atoms with van der Waals surface area (Å²) in [7, 11) is 0. The van der Waals surface area contributed by atoms with E-state index in [0.29, 0.717) is 0 Å². The molecule has 1 aliphatic heterocycles. The van der Waals surface area contributed by atoms with E-state index in [1.165, 1.54) is 16.9 Å². The highest BCUT2D eigenvalue weighted by Gasteiger charge is 2.35. The number of anilines is 1. The van der Waals surface area contributed by atoms with E-state index < -0.39 is 0 Å². The molecule has 0 aliphatic carbocycles. The molecule has 1 aliphatic rings. The van der Waals surface area contributed by atoms with Gasteiger partial charge in [-0.2, -0.15) is 0 Å². The van der Waals surface area contributed by atoms with Crippen LogP contribution in [0.5, 0.6) is 0 Å². The third-order valence-corrected chi connectivity index (χ3v) is 5.88. The van der Waals surface area contributed by atoms with Gasteiger partial charge in [0, 0.05) is 25.0 Å². The highest BCUT2D eigenvalue weighted by atomic mass is 32.1. The number of benzene rings is 1. The lowest BCUT2D eigenvalue weighted by Gasteiger charge is -2.40. The number of rotatable bonds is 4. The van der Waals surface area contributed by atoms with E-state index in [4.69, 9.17) is 0 Å². The molecule has 24 heavy (non-hydrogen) atoms. The normalized spacial score (nSPS) is 20.9. The Kier molecular flexibility index (Phi) is 4.90. The van der Waals surface area contributed by atoms with Crippen LogP contribution >= 0.6 is 11.3 Å². The predicted molar refractivity (Wildman–Crippen MR) is 99.9 cm³/mol. The monoisotopic (exact) mass is 343 g/mol. The zero-order chi connectivity index (χ0) is 17.2. The number of nitrogens with one attached hydrogen (secondary N) is 1. The second-order valence-electron chi connectivity index (χ2n) is 6.72. The van der Waals surface area contributed by atoms with Crippen molar-refractivity contribution in [3.63, 3.8) is 0 Å². The highest BCUT2D eigenvalue weighted by Crippen LogP contribution is 2.35. The number of hydrogen-bond donors (Lipinski definition) is 1. The average molecular weight is 343 g/mol. The lowest BCUT2D eigenvalue weighted by molar-refractivity contribution is 0.0655. The molecule has 1 saturated heterocycles. The molecule has 2 heterocycles. The maximum atomic E-state index is 13.0. The van der Waals surface area contributed by atoms with E-state index in [-0.39, 0.29) is 11.3 Å². The Hall–Kier alpha value is -1.88. The van der Waals surface area contributed by atoms with Gasteiger partial charge in [0.1, 0.15) is 4.88 Å². The Labute approximate surface area is 147 Å². The molecule has 1 N–H and O–H groups in total. The number of piperidine rings is 1. The Morgan fingerprint density at radius 1 is 1.38 bits per heavy atom. The zero-order valence-electron chi connectivity index (χ0n) is 14.6. The first-order valence-electron chi connectivity index (χ1n) is 8.59. The van der Waals surface area contributed by atoms with Crippen molar-refractivity contribution in [2.75, 3.05) is 25.0 Å². The van der Waals surface area contributed by atoms with Crippen LogP contribution in [0.15, 0.2) is 30.3 Å².